The largest absolute Gasteiger partial charge is 0.247 e. The van der Waals surface area contributed by atoms with Gasteiger partial charge in [0.15, 0.2) is 0 Å². The maximum absolute atomic E-state index is 11.0. The van der Waals surface area contributed by atoms with Gasteiger partial charge in [-0.3, -0.25) is 0 Å². The molecule has 0 aliphatic rings. The van der Waals surface area contributed by atoms with Crippen molar-refractivity contribution < 1.29 is 8.42 Å². The molecule has 1 aromatic heterocycles. The van der Waals surface area contributed by atoms with Gasteiger partial charge in [-0.2, -0.15) is 0 Å². The van der Waals surface area contributed by atoms with Crippen LogP contribution in [0.25, 0.3) is 0 Å². The zero-order chi connectivity index (χ0) is 10.3. The molecule has 1 rings (SSSR count). The van der Waals surface area contributed by atoms with Gasteiger partial charge in [0.05, 0.1) is 0 Å². The SMILES string of the molecule is CC(C)(C)c1ccc(S(N)(=O)=O)s1.[K]. The summed E-state index contributed by atoms with van der Waals surface area (Å²) in [6.07, 6.45) is 0. The van der Waals surface area contributed by atoms with Gasteiger partial charge < -0.3 is 0 Å². The molecular weight excluding hydrogens is 245 g/mol. The Bertz CT molecular complexity index is 403. The summed E-state index contributed by atoms with van der Waals surface area (Å²) < 4.78 is 22.2. The summed E-state index contributed by atoms with van der Waals surface area (Å²) in [6, 6.07) is 3.37. The summed E-state index contributed by atoms with van der Waals surface area (Å²) in [5.41, 5.74) is -0.0202. The summed E-state index contributed by atoms with van der Waals surface area (Å²) >= 11 is 1.23. The standard InChI is InChI=1S/C8H13NO2S2.K/c1-8(2,3)6-4-5-7(12-6)13(9,10)11;/h4-5H,1-3H3,(H2,9,10,11);. The van der Waals surface area contributed by atoms with E-state index in [0.29, 0.717) is 0 Å². The van der Waals surface area contributed by atoms with Gasteiger partial charge in [0, 0.05) is 56.3 Å². The van der Waals surface area contributed by atoms with Crippen molar-refractivity contribution in [1.29, 1.82) is 0 Å². The van der Waals surface area contributed by atoms with E-state index in [1.807, 2.05) is 26.8 Å². The molecule has 0 unspecified atom stereocenters. The molecule has 1 radical (unpaired) electrons. The molecule has 75 valence electrons. The van der Waals surface area contributed by atoms with Crippen molar-refractivity contribution in [3.8, 4) is 0 Å². The van der Waals surface area contributed by atoms with Crippen molar-refractivity contribution in [1.82, 2.24) is 0 Å². The molecule has 0 aliphatic carbocycles. The average molecular weight is 258 g/mol. The van der Waals surface area contributed by atoms with Crippen LogP contribution in [0.3, 0.4) is 0 Å². The molecule has 1 aromatic rings. The third kappa shape index (κ3) is 4.01. The van der Waals surface area contributed by atoms with Gasteiger partial charge in [0.25, 0.3) is 0 Å². The fraction of sp³-hybridized carbons (Fsp3) is 0.500. The zero-order valence-corrected chi connectivity index (χ0v) is 13.6. The van der Waals surface area contributed by atoms with Crippen LogP contribution in [0.4, 0.5) is 0 Å². The predicted octanol–water partition coefficient (Wildman–Crippen LogP) is 1.31. The van der Waals surface area contributed by atoms with E-state index < -0.39 is 10.0 Å². The number of sulfonamides is 1. The van der Waals surface area contributed by atoms with Gasteiger partial charge in [-0.05, 0) is 17.5 Å². The van der Waals surface area contributed by atoms with Crippen molar-refractivity contribution in [3.63, 3.8) is 0 Å². The summed E-state index contributed by atoms with van der Waals surface area (Å²) in [6.45, 7) is 6.10. The minimum absolute atomic E-state index is 0. The van der Waals surface area contributed by atoms with Gasteiger partial charge in [-0.1, -0.05) is 20.8 Å². The first-order valence-corrected chi connectivity index (χ1v) is 6.20. The van der Waals surface area contributed by atoms with Gasteiger partial charge in [0.2, 0.25) is 10.0 Å². The summed E-state index contributed by atoms with van der Waals surface area (Å²) in [5, 5.41) is 5.00. The van der Waals surface area contributed by atoms with E-state index in [2.05, 4.69) is 0 Å². The van der Waals surface area contributed by atoms with Crippen molar-refractivity contribution in [3.05, 3.63) is 17.0 Å². The molecule has 0 saturated heterocycles. The fourth-order valence-corrected chi connectivity index (χ4v) is 2.66. The molecule has 0 bridgehead atoms. The maximum atomic E-state index is 11.0. The second-order valence-corrected chi connectivity index (χ2v) is 6.79. The number of thiophene rings is 1. The number of rotatable bonds is 1. The van der Waals surface area contributed by atoms with Gasteiger partial charge in [0.1, 0.15) is 4.21 Å². The number of hydrogen-bond acceptors (Lipinski definition) is 3. The second kappa shape index (κ2) is 5.05. The van der Waals surface area contributed by atoms with Crippen LogP contribution in [0.15, 0.2) is 16.3 Å². The molecule has 6 heteroatoms. The summed E-state index contributed by atoms with van der Waals surface area (Å²) in [5.74, 6) is 0. The molecule has 0 aliphatic heterocycles. The van der Waals surface area contributed by atoms with Crippen LogP contribution in [0.2, 0.25) is 0 Å². The Labute approximate surface area is 132 Å². The van der Waals surface area contributed by atoms with Gasteiger partial charge in [-0.25, -0.2) is 13.6 Å². The normalized spacial score (nSPS) is 12.3. The first-order valence-electron chi connectivity index (χ1n) is 3.84. The van der Waals surface area contributed by atoms with E-state index in [0.717, 1.165) is 4.88 Å². The van der Waals surface area contributed by atoms with Gasteiger partial charge >= 0.3 is 0 Å². The van der Waals surface area contributed by atoms with E-state index in [1.54, 1.807) is 6.07 Å². The Balaban J connectivity index is 0.00000169. The number of hydrogen-bond donors (Lipinski definition) is 1. The van der Waals surface area contributed by atoms with Gasteiger partial charge in [-0.15, -0.1) is 11.3 Å². The Morgan fingerprint density at radius 1 is 1.29 bits per heavy atom. The van der Waals surface area contributed by atoms with E-state index in [-0.39, 0.29) is 61.0 Å². The quantitative estimate of drug-likeness (QED) is 0.772. The molecule has 0 spiro atoms. The third-order valence-corrected chi connectivity index (χ3v) is 4.55. The topological polar surface area (TPSA) is 60.2 Å². The maximum Gasteiger partial charge on any atom is 0.247 e. The van der Waals surface area contributed by atoms with Crippen LogP contribution in [-0.2, 0) is 15.4 Å². The smallest absolute Gasteiger partial charge is 0.224 e. The second-order valence-electron chi connectivity index (χ2n) is 3.91. The Morgan fingerprint density at radius 3 is 2.00 bits per heavy atom. The van der Waals surface area contributed by atoms with E-state index in [1.165, 1.54) is 11.3 Å². The monoisotopic (exact) mass is 258 g/mol. The Kier molecular flexibility index (Phi) is 5.50. The third-order valence-electron chi connectivity index (χ3n) is 1.60. The molecule has 0 amide bonds. The van der Waals surface area contributed by atoms with E-state index >= 15 is 0 Å². The first-order chi connectivity index (χ1) is 5.71. The molecule has 0 aromatic carbocycles. The van der Waals surface area contributed by atoms with Crippen LogP contribution in [0.1, 0.15) is 25.6 Å². The Morgan fingerprint density at radius 2 is 1.79 bits per heavy atom. The van der Waals surface area contributed by atoms with Crippen LogP contribution < -0.4 is 5.14 Å². The van der Waals surface area contributed by atoms with Crippen molar-refractivity contribution in [2.24, 2.45) is 5.14 Å². The molecule has 1 heterocycles. The van der Waals surface area contributed by atoms with E-state index in [4.69, 9.17) is 5.14 Å². The molecular formula is C8H13KNO2S2. The number of nitrogens with two attached hydrogens (primary N) is 1. The molecule has 14 heavy (non-hydrogen) atoms. The van der Waals surface area contributed by atoms with Crippen molar-refractivity contribution in [2.75, 3.05) is 0 Å². The van der Waals surface area contributed by atoms with Crippen molar-refractivity contribution in [2.45, 2.75) is 30.4 Å². The average Bonchev–Trinajstić information content (AvgIpc) is 2.28. The van der Waals surface area contributed by atoms with E-state index in [9.17, 15) is 8.42 Å². The fourth-order valence-electron chi connectivity index (χ4n) is 0.876. The molecule has 0 fully saturated rings. The molecule has 3 nitrogen and oxygen atoms in total. The summed E-state index contributed by atoms with van der Waals surface area (Å²) in [4.78, 5) is 1.02. The molecule has 2 N–H and O–H groups in total. The molecule has 0 atom stereocenters. The van der Waals surface area contributed by atoms with Crippen LogP contribution in [-0.4, -0.2) is 59.8 Å². The van der Waals surface area contributed by atoms with Crippen LogP contribution in [0.5, 0.6) is 0 Å². The summed E-state index contributed by atoms with van der Waals surface area (Å²) in [7, 11) is -3.52. The number of primary sulfonamides is 1. The molecule has 0 saturated carbocycles. The van der Waals surface area contributed by atoms with Crippen LogP contribution in [0, 0.1) is 0 Å². The first kappa shape index (κ1) is 15.2. The predicted molar refractivity (Wildman–Crippen MR) is 60.1 cm³/mol. The van der Waals surface area contributed by atoms with Crippen LogP contribution >= 0.6 is 11.3 Å². The Hall–Kier alpha value is 1.25. The minimum Gasteiger partial charge on any atom is -0.224 e. The minimum atomic E-state index is -3.52. The zero-order valence-electron chi connectivity index (χ0n) is 8.87. The van der Waals surface area contributed by atoms with Crippen molar-refractivity contribution >= 4 is 72.7 Å².